The minimum Gasteiger partial charge on any atom is -0.303 e. The van der Waals surface area contributed by atoms with Crippen molar-refractivity contribution in [3.63, 3.8) is 0 Å². The standard InChI is InChI=1S/C7H4BrFN2.ClH/c8-6-3-5(9)4-11-2-1-10-7(6)11;/h1-4H;1H. The topological polar surface area (TPSA) is 17.3 Å². The maximum Gasteiger partial charge on any atom is 0.151 e. The summed E-state index contributed by atoms with van der Waals surface area (Å²) in [5, 5.41) is 0. The molecule has 0 radical (unpaired) electrons. The number of imidazole rings is 1. The van der Waals surface area contributed by atoms with E-state index >= 15 is 0 Å². The lowest BCUT2D eigenvalue weighted by atomic mass is 10.4. The second kappa shape index (κ2) is 3.41. The average Bonchev–Trinajstić information content (AvgIpc) is 2.34. The minimum atomic E-state index is -0.276. The molecule has 0 aliphatic rings. The number of nitrogens with zero attached hydrogens (tertiary/aromatic N) is 2. The second-order valence-electron chi connectivity index (χ2n) is 2.16. The Morgan fingerprint density at radius 2 is 2.25 bits per heavy atom. The number of hydrogen-bond donors (Lipinski definition) is 0. The van der Waals surface area contributed by atoms with Crippen LogP contribution in [0.3, 0.4) is 0 Å². The molecule has 5 heteroatoms. The lowest BCUT2D eigenvalue weighted by Crippen LogP contribution is -1.86. The van der Waals surface area contributed by atoms with Crippen LogP contribution in [0.1, 0.15) is 0 Å². The molecule has 0 saturated heterocycles. The lowest BCUT2D eigenvalue weighted by Gasteiger charge is -1.95. The number of halogens is 3. The van der Waals surface area contributed by atoms with Gasteiger partial charge in [-0.15, -0.1) is 12.4 Å². The van der Waals surface area contributed by atoms with E-state index < -0.39 is 0 Å². The highest BCUT2D eigenvalue weighted by Gasteiger charge is 2.00. The van der Waals surface area contributed by atoms with E-state index in [1.54, 1.807) is 16.8 Å². The van der Waals surface area contributed by atoms with Crippen LogP contribution in [0, 0.1) is 5.82 Å². The van der Waals surface area contributed by atoms with E-state index in [4.69, 9.17) is 0 Å². The van der Waals surface area contributed by atoms with Gasteiger partial charge in [0.05, 0.1) is 4.47 Å². The van der Waals surface area contributed by atoms with Crippen molar-refractivity contribution in [2.24, 2.45) is 0 Å². The van der Waals surface area contributed by atoms with E-state index in [1.165, 1.54) is 12.3 Å². The van der Waals surface area contributed by atoms with Crippen LogP contribution in [0.5, 0.6) is 0 Å². The van der Waals surface area contributed by atoms with Crippen molar-refractivity contribution < 1.29 is 4.39 Å². The number of fused-ring (bicyclic) bond motifs is 1. The number of hydrogen-bond acceptors (Lipinski definition) is 1. The fourth-order valence-electron chi connectivity index (χ4n) is 0.958. The average molecular weight is 251 g/mol. The third kappa shape index (κ3) is 1.44. The van der Waals surface area contributed by atoms with Crippen molar-refractivity contribution in [2.75, 3.05) is 0 Å². The Morgan fingerprint density at radius 3 is 3.00 bits per heavy atom. The predicted molar refractivity (Wildman–Crippen MR) is 50.1 cm³/mol. The molecule has 64 valence electrons. The Labute approximate surface area is 83.0 Å². The fourth-order valence-corrected chi connectivity index (χ4v) is 1.48. The molecule has 0 aromatic carbocycles. The first-order valence-corrected chi connectivity index (χ1v) is 3.84. The third-order valence-corrected chi connectivity index (χ3v) is 1.99. The van der Waals surface area contributed by atoms with Crippen molar-refractivity contribution in [1.29, 1.82) is 0 Å². The van der Waals surface area contributed by atoms with Crippen molar-refractivity contribution in [3.8, 4) is 0 Å². The Bertz CT molecular complexity index is 401. The van der Waals surface area contributed by atoms with E-state index in [0.717, 1.165) is 5.65 Å². The summed E-state index contributed by atoms with van der Waals surface area (Å²) < 4.78 is 15.0. The molecule has 2 rings (SSSR count). The quantitative estimate of drug-likeness (QED) is 0.704. The molecule has 0 fully saturated rings. The van der Waals surface area contributed by atoms with Gasteiger partial charge in [-0.05, 0) is 22.0 Å². The van der Waals surface area contributed by atoms with Crippen molar-refractivity contribution >= 4 is 34.0 Å². The van der Waals surface area contributed by atoms with Crippen LogP contribution in [0.4, 0.5) is 4.39 Å². The van der Waals surface area contributed by atoms with Crippen molar-refractivity contribution in [3.05, 3.63) is 34.9 Å². The Hall–Kier alpha value is -0.610. The molecule has 0 aliphatic carbocycles. The summed E-state index contributed by atoms with van der Waals surface area (Å²) in [5.74, 6) is -0.276. The maximum atomic E-state index is 12.7. The molecule has 0 amide bonds. The molecular weight excluding hydrogens is 246 g/mol. The molecule has 0 N–H and O–H groups in total. The molecule has 0 unspecified atom stereocenters. The highest BCUT2D eigenvalue weighted by atomic mass is 79.9. The Balaban J connectivity index is 0.000000720. The highest BCUT2D eigenvalue weighted by Crippen LogP contribution is 2.16. The fraction of sp³-hybridized carbons (Fsp3) is 0. The second-order valence-corrected chi connectivity index (χ2v) is 3.02. The molecule has 0 saturated carbocycles. The van der Waals surface area contributed by atoms with Gasteiger partial charge in [-0.25, -0.2) is 9.37 Å². The molecule has 0 atom stereocenters. The van der Waals surface area contributed by atoms with E-state index in [0.29, 0.717) is 4.47 Å². The summed E-state index contributed by atoms with van der Waals surface area (Å²) in [6.45, 7) is 0. The van der Waals surface area contributed by atoms with E-state index in [9.17, 15) is 4.39 Å². The van der Waals surface area contributed by atoms with E-state index in [2.05, 4.69) is 20.9 Å². The number of rotatable bonds is 0. The van der Waals surface area contributed by atoms with Crippen molar-refractivity contribution in [1.82, 2.24) is 9.38 Å². The summed E-state index contributed by atoms with van der Waals surface area (Å²) in [5.41, 5.74) is 0.728. The van der Waals surface area contributed by atoms with Gasteiger partial charge in [0.25, 0.3) is 0 Å². The number of pyridine rings is 1. The van der Waals surface area contributed by atoms with E-state index in [1.807, 2.05) is 0 Å². The molecule has 12 heavy (non-hydrogen) atoms. The first-order valence-electron chi connectivity index (χ1n) is 3.05. The van der Waals surface area contributed by atoms with Gasteiger partial charge in [0.2, 0.25) is 0 Å². The van der Waals surface area contributed by atoms with Crippen LogP contribution in [0.15, 0.2) is 29.1 Å². The van der Waals surface area contributed by atoms with Crippen LogP contribution in [-0.4, -0.2) is 9.38 Å². The summed E-state index contributed by atoms with van der Waals surface area (Å²) in [6, 6.07) is 1.39. The van der Waals surface area contributed by atoms with E-state index in [-0.39, 0.29) is 18.2 Å². The SMILES string of the molecule is Cl.Fc1cc(Br)c2nccn2c1. The summed E-state index contributed by atoms with van der Waals surface area (Å²) in [6.07, 6.45) is 4.70. The predicted octanol–water partition coefficient (Wildman–Crippen LogP) is 2.66. The molecular formula is C7H5BrClFN2. The highest BCUT2D eigenvalue weighted by molar-refractivity contribution is 9.10. The van der Waals surface area contributed by atoms with Gasteiger partial charge < -0.3 is 4.40 Å². The molecule has 2 aromatic heterocycles. The van der Waals surface area contributed by atoms with Gasteiger partial charge >= 0.3 is 0 Å². The monoisotopic (exact) mass is 250 g/mol. The van der Waals surface area contributed by atoms with Crippen LogP contribution in [-0.2, 0) is 0 Å². The normalized spacial score (nSPS) is 9.83. The zero-order valence-electron chi connectivity index (χ0n) is 5.87. The van der Waals surface area contributed by atoms with Gasteiger partial charge in [-0.2, -0.15) is 0 Å². The first kappa shape index (κ1) is 9.48. The Kier molecular flexibility index (Phi) is 2.69. The zero-order valence-corrected chi connectivity index (χ0v) is 8.27. The largest absolute Gasteiger partial charge is 0.303 e. The van der Waals surface area contributed by atoms with Crippen LogP contribution >= 0.6 is 28.3 Å². The maximum absolute atomic E-state index is 12.7. The Morgan fingerprint density at radius 1 is 1.50 bits per heavy atom. The summed E-state index contributed by atoms with van der Waals surface area (Å²) >= 11 is 3.20. The zero-order chi connectivity index (χ0) is 7.84. The van der Waals surface area contributed by atoms with Crippen LogP contribution in [0.25, 0.3) is 5.65 Å². The molecule has 0 aliphatic heterocycles. The first-order chi connectivity index (χ1) is 5.27. The van der Waals surface area contributed by atoms with Crippen LogP contribution in [0.2, 0.25) is 0 Å². The number of aromatic nitrogens is 2. The molecule has 0 bridgehead atoms. The van der Waals surface area contributed by atoms with Gasteiger partial charge in [-0.1, -0.05) is 0 Å². The molecule has 2 nitrogen and oxygen atoms in total. The van der Waals surface area contributed by atoms with Crippen LogP contribution < -0.4 is 0 Å². The lowest BCUT2D eigenvalue weighted by molar-refractivity contribution is 0.618. The van der Waals surface area contributed by atoms with Gasteiger partial charge in [0, 0.05) is 18.6 Å². The summed E-state index contributed by atoms with van der Waals surface area (Å²) in [7, 11) is 0. The smallest absolute Gasteiger partial charge is 0.151 e. The molecule has 2 aromatic rings. The third-order valence-electron chi connectivity index (χ3n) is 1.41. The minimum absolute atomic E-state index is 0. The molecule has 0 spiro atoms. The van der Waals surface area contributed by atoms with Gasteiger partial charge in [0.1, 0.15) is 5.82 Å². The van der Waals surface area contributed by atoms with Gasteiger partial charge in [0.15, 0.2) is 5.65 Å². The van der Waals surface area contributed by atoms with Gasteiger partial charge in [-0.3, -0.25) is 0 Å². The summed E-state index contributed by atoms with van der Waals surface area (Å²) in [4.78, 5) is 4.01. The molecule has 2 heterocycles. The van der Waals surface area contributed by atoms with Crippen molar-refractivity contribution in [2.45, 2.75) is 0 Å².